The van der Waals surface area contributed by atoms with E-state index < -0.39 is 9.84 Å². The van der Waals surface area contributed by atoms with Crippen molar-refractivity contribution in [1.29, 1.82) is 0 Å². The molecule has 1 amide bonds. The number of aromatic amines is 1. The average molecular weight is 410 g/mol. The predicted molar refractivity (Wildman–Crippen MR) is 113 cm³/mol. The summed E-state index contributed by atoms with van der Waals surface area (Å²) >= 11 is 0. The molecule has 0 spiro atoms. The Bertz CT molecular complexity index is 1230. The maximum Gasteiger partial charge on any atom is 0.251 e. The molecule has 1 heterocycles. The van der Waals surface area contributed by atoms with Crippen LogP contribution in [0.1, 0.15) is 30.4 Å². The van der Waals surface area contributed by atoms with Gasteiger partial charge in [0.05, 0.1) is 16.2 Å². The lowest BCUT2D eigenvalue weighted by Crippen LogP contribution is -2.20. The van der Waals surface area contributed by atoms with E-state index in [0.29, 0.717) is 11.2 Å². The van der Waals surface area contributed by atoms with Gasteiger partial charge in [-0.1, -0.05) is 24.3 Å². The Morgan fingerprint density at radius 1 is 1.00 bits per heavy atom. The van der Waals surface area contributed by atoms with Crippen molar-refractivity contribution in [3.05, 3.63) is 70.0 Å². The van der Waals surface area contributed by atoms with E-state index in [9.17, 15) is 18.0 Å². The van der Waals surface area contributed by atoms with Gasteiger partial charge in [-0.25, -0.2) is 8.42 Å². The molecule has 29 heavy (non-hydrogen) atoms. The third-order valence-corrected chi connectivity index (χ3v) is 7.05. The van der Waals surface area contributed by atoms with Gasteiger partial charge >= 0.3 is 0 Å². The molecule has 0 bridgehead atoms. The number of pyridine rings is 1. The molecule has 7 heteroatoms. The standard InChI is InChI=1S/C22H22N2O4S/c25-21(12-13-29(27,28)16-6-2-1-3-7-16)23-15-10-11-18-17-8-4-5-9-19(17)22(26)24-20(18)14-15/h1-3,6-7,10-11,14H,4-5,8-9,12-13H2,(H,23,25)(H,24,26). The molecular weight excluding hydrogens is 388 g/mol. The van der Waals surface area contributed by atoms with Crippen LogP contribution in [0.5, 0.6) is 0 Å². The maximum atomic E-state index is 12.3. The van der Waals surface area contributed by atoms with Gasteiger partial charge in [-0.15, -0.1) is 0 Å². The lowest BCUT2D eigenvalue weighted by Gasteiger charge is -2.17. The number of aryl methyl sites for hydroxylation is 1. The van der Waals surface area contributed by atoms with Crippen molar-refractivity contribution in [1.82, 2.24) is 4.98 Å². The van der Waals surface area contributed by atoms with Crippen LogP contribution in [0.25, 0.3) is 10.9 Å². The zero-order chi connectivity index (χ0) is 20.4. The Labute approximate surface area is 168 Å². The number of nitrogens with one attached hydrogen (secondary N) is 2. The highest BCUT2D eigenvalue weighted by Crippen LogP contribution is 2.27. The third-order valence-electron chi connectivity index (χ3n) is 5.32. The van der Waals surface area contributed by atoms with Crippen molar-refractivity contribution in [2.45, 2.75) is 37.0 Å². The van der Waals surface area contributed by atoms with Gasteiger partial charge in [0, 0.05) is 23.1 Å². The number of fused-ring (bicyclic) bond motifs is 3. The molecule has 1 aromatic heterocycles. The molecule has 3 aromatic rings. The number of amides is 1. The van der Waals surface area contributed by atoms with Crippen molar-refractivity contribution in [2.24, 2.45) is 0 Å². The van der Waals surface area contributed by atoms with Crippen LogP contribution in [0, 0.1) is 0 Å². The molecule has 2 aromatic carbocycles. The number of H-pyrrole nitrogens is 1. The second-order valence-electron chi connectivity index (χ2n) is 7.31. The Hall–Kier alpha value is -2.93. The molecule has 2 N–H and O–H groups in total. The fourth-order valence-corrected chi connectivity index (χ4v) is 5.10. The van der Waals surface area contributed by atoms with Crippen LogP contribution in [-0.4, -0.2) is 25.1 Å². The summed E-state index contributed by atoms with van der Waals surface area (Å²) in [4.78, 5) is 27.7. The highest BCUT2D eigenvalue weighted by Gasteiger charge is 2.18. The number of rotatable bonds is 5. The van der Waals surface area contributed by atoms with Gasteiger partial charge in [0.25, 0.3) is 5.56 Å². The minimum Gasteiger partial charge on any atom is -0.326 e. The van der Waals surface area contributed by atoms with E-state index in [0.717, 1.165) is 42.2 Å². The molecule has 0 unspecified atom stereocenters. The highest BCUT2D eigenvalue weighted by atomic mass is 32.2. The zero-order valence-corrected chi connectivity index (χ0v) is 16.7. The van der Waals surface area contributed by atoms with Crippen LogP contribution in [0.4, 0.5) is 5.69 Å². The normalized spacial score (nSPS) is 13.8. The van der Waals surface area contributed by atoms with E-state index in [1.807, 2.05) is 6.07 Å². The van der Waals surface area contributed by atoms with E-state index in [2.05, 4.69) is 10.3 Å². The summed E-state index contributed by atoms with van der Waals surface area (Å²) in [5, 5.41) is 3.74. The first-order valence-corrected chi connectivity index (χ1v) is 11.3. The number of anilines is 1. The Morgan fingerprint density at radius 3 is 2.48 bits per heavy atom. The molecule has 1 aliphatic carbocycles. The molecule has 6 nitrogen and oxygen atoms in total. The third kappa shape index (κ3) is 4.10. The summed E-state index contributed by atoms with van der Waals surface area (Å²) < 4.78 is 24.6. The fraction of sp³-hybridized carbons (Fsp3) is 0.273. The van der Waals surface area contributed by atoms with Crippen molar-refractivity contribution < 1.29 is 13.2 Å². The molecule has 4 rings (SSSR count). The summed E-state index contributed by atoms with van der Waals surface area (Å²) in [6, 6.07) is 13.5. The van der Waals surface area contributed by atoms with Gasteiger partial charge < -0.3 is 10.3 Å². The van der Waals surface area contributed by atoms with Gasteiger partial charge in [-0.2, -0.15) is 0 Å². The molecule has 1 aliphatic rings. The predicted octanol–water partition coefficient (Wildman–Crippen LogP) is 3.21. The van der Waals surface area contributed by atoms with E-state index in [1.165, 1.54) is 12.1 Å². The second-order valence-corrected chi connectivity index (χ2v) is 9.42. The zero-order valence-electron chi connectivity index (χ0n) is 15.9. The van der Waals surface area contributed by atoms with Crippen LogP contribution in [0.2, 0.25) is 0 Å². The fourth-order valence-electron chi connectivity index (χ4n) is 3.84. The van der Waals surface area contributed by atoms with Crippen LogP contribution in [0.3, 0.4) is 0 Å². The van der Waals surface area contributed by atoms with Gasteiger partial charge in [-0.3, -0.25) is 9.59 Å². The quantitative estimate of drug-likeness (QED) is 0.675. The Kier molecular flexibility index (Phi) is 5.24. The minimum absolute atomic E-state index is 0.0652. The van der Waals surface area contributed by atoms with E-state index >= 15 is 0 Å². The number of carbonyl (C=O) groups excluding carboxylic acids is 1. The first kappa shape index (κ1) is 19.4. The molecule has 150 valence electrons. The number of sulfone groups is 1. The van der Waals surface area contributed by atoms with Crippen molar-refractivity contribution in [2.75, 3.05) is 11.1 Å². The molecule has 0 atom stereocenters. The first-order valence-electron chi connectivity index (χ1n) is 9.69. The van der Waals surface area contributed by atoms with Crippen LogP contribution in [0.15, 0.2) is 58.2 Å². The lowest BCUT2D eigenvalue weighted by atomic mass is 9.90. The van der Waals surface area contributed by atoms with E-state index in [4.69, 9.17) is 0 Å². The number of benzene rings is 2. The van der Waals surface area contributed by atoms with Crippen LogP contribution < -0.4 is 10.9 Å². The van der Waals surface area contributed by atoms with Crippen molar-refractivity contribution in [3.63, 3.8) is 0 Å². The minimum atomic E-state index is -3.51. The second kappa shape index (κ2) is 7.83. The summed E-state index contributed by atoms with van der Waals surface area (Å²) in [5.74, 6) is -0.648. The summed E-state index contributed by atoms with van der Waals surface area (Å²) in [6.07, 6.45) is 3.64. The van der Waals surface area contributed by atoms with Gasteiger partial charge in [0.1, 0.15) is 0 Å². The van der Waals surface area contributed by atoms with Gasteiger partial charge in [0.2, 0.25) is 5.91 Å². The molecule has 0 saturated heterocycles. The van der Waals surface area contributed by atoms with Gasteiger partial charge in [-0.05, 0) is 55.5 Å². The summed E-state index contributed by atoms with van der Waals surface area (Å²) in [5.41, 5.74) is 3.12. The van der Waals surface area contributed by atoms with Crippen LogP contribution >= 0.6 is 0 Å². The number of hydrogen-bond acceptors (Lipinski definition) is 4. The molecular formula is C22H22N2O4S. The van der Waals surface area contributed by atoms with Crippen LogP contribution in [-0.2, 0) is 27.5 Å². The molecule has 0 fully saturated rings. The SMILES string of the molecule is O=C(CCS(=O)(=O)c1ccccc1)Nc1ccc2c3c(c(=O)[nH]c2c1)CCCC3. The Balaban J connectivity index is 1.49. The first-order chi connectivity index (χ1) is 13.9. The maximum absolute atomic E-state index is 12.3. The number of hydrogen-bond donors (Lipinski definition) is 2. The smallest absolute Gasteiger partial charge is 0.251 e. The van der Waals surface area contributed by atoms with Crippen molar-refractivity contribution in [3.8, 4) is 0 Å². The number of carbonyl (C=O) groups is 1. The molecule has 0 aliphatic heterocycles. The molecule has 0 saturated carbocycles. The molecule has 0 radical (unpaired) electrons. The lowest BCUT2D eigenvalue weighted by molar-refractivity contribution is -0.115. The number of aromatic nitrogens is 1. The van der Waals surface area contributed by atoms with E-state index in [-0.39, 0.29) is 28.5 Å². The topological polar surface area (TPSA) is 96.1 Å². The highest BCUT2D eigenvalue weighted by molar-refractivity contribution is 7.91. The summed E-state index contributed by atoms with van der Waals surface area (Å²) in [6.45, 7) is 0. The van der Waals surface area contributed by atoms with Gasteiger partial charge in [0.15, 0.2) is 9.84 Å². The average Bonchev–Trinajstić information content (AvgIpc) is 2.73. The summed E-state index contributed by atoms with van der Waals surface area (Å²) in [7, 11) is -3.51. The largest absolute Gasteiger partial charge is 0.326 e. The Morgan fingerprint density at radius 2 is 1.72 bits per heavy atom. The van der Waals surface area contributed by atoms with Crippen molar-refractivity contribution >= 4 is 32.3 Å². The van der Waals surface area contributed by atoms with E-state index in [1.54, 1.807) is 30.3 Å². The monoisotopic (exact) mass is 410 g/mol.